The second-order valence-corrected chi connectivity index (χ2v) is 13.5. The maximum absolute atomic E-state index is 14.9. The number of nitrogens with zero attached hydrogens (tertiary/aromatic N) is 2. The van der Waals surface area contributed by atoms with Crippen LogP contribution in [0.5, 0.6) is 0 Å². The molecule has 0 aliphatic heterocycles. The Morgan fingerprint density at radius 1 is 0.864 bits per heavy atom. The van der Waals surface area contributed by atoms with Crippen molar-refractivity contribution in [2.45, 2.75) is 62.0 Å². The molecule has 7 nitrogen and oxygen atoms in total. The van der Waals surface area contributed by atoms with Gasteiger partial charge in [0, 0.05) is 31.6 Å². The van der Waals surface area contributed by atoms with Crippen LogP contribution < -0.4 is 5.32 Å². The Labute approximate surface area is 258 Å². The van der Waals surface area contributed by atoms with Crippen LogP contribution in [0.25, 0.3) is 10.8 Å². The molecule has 0 bridgehead atoms. The fourth-order valence-electron chi connectivity index (χ4n) is 5.78. The third-order valence-corrected chi connectivity index (χ3v) is 10.1. The first-order valence-electron chi connectivity index (χ1n) is 15.0. The molecule has 0 saturated heterocycles. The van der Waals surface area contributed by atoms with Crippen LogP contribution >= 0.6 is 0 Å². The van der Waals surface area contributed by atoms with Crippen LogP contribution in [-0.2, 0) is 32.6 Å². The van der Waals surface area contributed by atoms with E-state index in [4.69, 9.17) is 0 Å². The van der Waals surface area contributed by atoms with Crippen LogP contribution in [0.3, 0.4) is 0 Å². The molecule has 0 heterocycles. The Hall–Kier alpha value is -4.08. The van der Waals surface area contributed by atoms with Crippen molar-refractivity contribution in [3.8, 4) is 0 Å². The van der Waals surface area contributed by atoms with E-state index >= 15 is 0 Å². The predicted molar refractivity (Wildman–Crippen MR) is 170 cm³/mol. The molecule has 0 unspecified atom stereocenters. The molecular formula is C35H38FN3O4S. The molecule has 1 fully saturated rings. The summed E-state index contributed by atoms with van der Waals surface area (Å²) in [4.78, 5) is 29.4. The van der Waals surface area contributed by atoms with E-state index in [1.165, 1.54) is 24.1 Å². The van der Waals surface area contributed by atoms with E-state index in [1.807, 2.05) is 54.6 Å². The van der Waals surface area contributed by atoms with Gasteiger partial charge in [0.15, 0.2) is 0 Å². The molecular weight excluding hydrogens is 577 g/mol. The Morgan fingerprint density at radius 3 is 2.25 bits per heavy atom. The van der Waals surface area contributed by atoms with Gasteiger partial charge in [-0.15, -0.1) is 0 Å². The molecule has 1 aliphatic carbocycles. The van der Waals surface area contributed by atoms with E-state index in [2.05, 4.69) is 5.32 Å². The maximum atomic E-state index is 14.9. The Kier molecular flexibility index (Phi) is 10.1. The summed E-state index contributed by atoms with van der Waals surface area (Å²) in [5, 5.41) is 4.80. The molecule has 2 amide bonds. The third-order valence-electron chi connectivity index (χ3n) is 8.31. The highest BCUT2D eigenvalue weighted by atomic mass is 32.2. The van der Waals surface area contributed by atoms with Gasteiger partial charge in [-0.3, -0.25) is 9.59 Å². The highest BCUT2D eigenvalue weighted by Crippen LogP contribution is 2.23. The van der Waals surface area contributed by atoms with Gasteiger partial charge in [0.05, 0.1) is 11.4 Å². The zero-order chi connectivity index (χ0) is 31.1. The lowest BCUT2D eigenvalue weighted by molar-refractivity contribution is -0.141. The summed E-state index contributed by atoms with van der Waals surface area (Å²) in [6.07, 6.45) is 5.07. The number of fused-ring (bicyclic) bond motifs is 1. The molecule has 1 aliphatic rings. The van der Waals surface area contributed by atoms with E-state index in [9.17, 15) is 22.4 Å². The van der Waals surface area contributed by atoms with Crippen LogP contribution in [0.15, 0.2) is 102 Å². The Balaban J connectivity index is 1.46. The molecule has 5 rings (SSSR count). The molecule has 9 heteroatoms. The average Bonchev–Trinajstić information content (AvgIpc) is 3.04. The Morgan fingerprint density at radius 2 is 1.52 bits per heavy atom. The quantitative estimate of drug-likeness (QED) is 0.235. The van der Waals surface area contributed by atoms with Gasteiger partial charge in [0.1, 0.15) is 11.9 Å². The molecule has 1 N–H and O–H groups in total. The second-order valence-electron chi connectivity index (χ2n) is 11.4. The standard InChI is InChI=1S/C35H38FN3O4S/c1-38(44(42,43)31-21-20-27-14-8-9-15-28(27)23-31)25-34(40)39(24-29-16-10-11-19-32(29)36)33(22-26-12-4-2-5-13-26)35(41)37-30-17-6-3-7-18-30/h2,4-5,8-16,19-21,23,30,33H,3,6-7,17-18,22,24-25H2,1H3,(H,37,41)/t33-/m1/s1. The van der Waals surface area contributed by atoms with E-state index in [1.54, 1.807) is 30.3 Å². The van der Waals surface area contributed by atoms with E-state index in [0.29, 0.717) is 0 Å². The molecule has 4 aromatic rings. The summed E-state index contributed by atoms with van der Waals surface area (Å²) in [6, 6.07) is 26.7. The largest absolute Gasteiger partial charge is 0.352 e. The topological polar surface area (TPSA) is 86.8 Å². The minimum absolute atomic E-state index is 0.00380. The van der Waals surface area contributed by atoms with Crippen molar-refractivity contribution in [1.82, 2.24) is 14.5 Å². The van der Waals surface area contributed by atoms with Crippen molar-refractivity contribution in [3.05, 3.63) is 114 Å². The number of benzene rings is 4. The van der Waals surface area contributed by atoms with Crippen LogP contribution in [0.4, 0.5) is 4.39 Å². The van der Waals surface area contributed by atoms with Gasteiger partial charge in [0.25, 0.3) is 0 Å². The second kappa shape index (κ2) is 14.1. The summed E-state index contributed by atoms with van der Waals surface area (Å²) in [5.74, 6) is -1.43. The molecule has 4 aromatic carbocycles. The molecule has 44 heavy (non-hydrogen) atoms. The summed E-state index contributed by atoms with van der Waals surface area (Å²) in [6.45, 7) is -0.712. The number of rotatable bonds is 11. The van der Waals surface area contributed by atoms with E-state index in [0.717, 1.165) is 52.7 Å². The molecule has 0 aromatic heterocycles. The normalized spacial score (nSPS) is 14.8. The number of amides is 2. The summed E-state index contributed by atoms with van der Waals surface area (Å²) in [7, 11) is -2.71. The molecule has 1 atom stereocenters. The number of carbonyl (C=O) groups is 2. The van der Waals surface area contributed by atoms with Crippen molar-refractivity contribution in [2.75, 3.05) is 13.6 Å². The summed E-state index contributed by atoms with van der Waals surface area (Å²) >= 11 is 0. The first-order chi connectivity index (χ1) is 21.2. The van der Waals surface area contributed by atoms with E-state index in [-0.39, 0.29) is 35.4 Å². The van der Waals surface area contributed by atoms with Gasteiger partial charge < -0.3 is 10.2 Å². The van der Waals surface area contributed by atoms with Crippen molar-refractivity contribution in [3.63, 3.8) is 0 Å². The number of nitrogens with one attached hydrogen (secondary N) is 1. The lowest BCUT2D eigenvalue weighted by Gasteiger charge is -2.34. The monoisotopic (exact) mass is 615 g/mol. The highest BCUT2D eigenvalue weighted by molar-refractivity contribution is 7.89. The van der Waals surface area contributed by atoms with Crippen LogP contribution in [0.1, 0.15) is 43.2 Å². The van der Waals surface area contributed by atoms with Crippen LogP contribution in [0.2, 0.25) is 0 Å². The summed E-state index contributed by atoms with van der Waals surface area (Å²) in [5.41, 5.74) is 1.07. The Bertz CT molecular complexity index is 1710. The molecule has 230 valence electrons. The van der Waals surface area contributed by atoms with Gasteiger partial charge in [-0.05, 0) is 47.4 Å². The number of hydrogen-bond donors (Lipinski definition) is 1. The van der Waals surface area contributed by atoms with Gasteiger partial charge >= 0.3 is 0 Å². The number of sulfonamides is 1. The lowest BCUT2D eigenvalue weighted by Crippen LogP contribution is -2.54. The first-order valence-corrected chi connectivity index (χ1v) is 16.5. The number of likely N-dealkylation sites (N-methyl/N-ethyl adjacent to an activating group) is 1. The SMILES string of the molecule is CN(CC(=O)N(Cc1ccccc1F)[C@H](Cc1ccccc1)C(=O)NC1CCCCC1)S(=O)(=O)c1ccc2ccccc2c1. The average molecular weight is 616 g/mol. The summed E-state index contributed by atoms with van der Waals surface area (Å²) < 4.78 is 43.2. The first kappa shape index (κ1) is 31.3. The number of carbonyl (C=O) groups excluding carboxylic acids is 2. The van der Waals surface area contributed by atoms with Gasteiger partial charge in [-0.2, -0.15) is 4.31 Å². The maximum Gasteiger partial charge on any atom is 0.243 e. The lowest BCUT2D eigenvalue weighted by atomic mass is 9.94. The minimum atomic E-state index is -4.06. The van der Waals surface area contributed by atoms with E-state index < -0.39 is 34.3 Å². The predicted octanol–water partition coefficient (Wildman–Crippen LogP) is 5.69. The van der Waals surface area contributed by atoms with Crippen LogP contribution in [0, 0.1) is 5.82 Å². The molecule has 0 spiro atoms. The number of halogens is 1. The van der Waals surface area contributed by atoms with Crippen LogP contribution in [-0.4, -0.2) is 55.1 Å². The number of hydrogen-bond acceptors (Lipinski definition) is 4. The fraction of sp³-hybridized carbons (Fsp3) is 0.314. The van der Waals surface area contributed by atoms with Gasteiger partial charge in [-0.25, -0.2) is 12.8 Å². The highest BCUT2D eigenvalue weighted by Gasteiger charge is 2.34. The van der Waals surface area contributed by atoms with Crippen molar-refractivity contribution < 1.29 is 22.4 Å². The zero-order valence-electron chi connectivity index (χ0n) is 24.9. The van der Waals surface area contributed by atoms with Gasteiger partial charge in [0.2, 0.25) is 21.8 Å². The smallest absolute Gasteiger partial charge is 0.243 e. The van der Waals surface area contributed by atoms with Crippen molar-refractivity contribution in [1.29, 1.82) is 0 Å². The fourth-order valence-corrected chi connectivity index (χ4v) is 6.94. The van der Waals surface area contributed by atoms with Gasteiger partial charge in [-0.1, -0.05) is 98.1 Å². The molecule has 1 saturated carbocycles. The zero-order valence-corrected chi connectivity index (χ0v) is 25.7. The van der Waals surface area contributed by atoms with Crippen molar-refractivity contribution >= 4 is 32.6 Å². The third kappa shape index (κ3) is 7.52. The molecule has 0 radical (unpaired) electrons. The van der Waals surface area contributed by atoms with Crippen molar-refractivity contribution in [2.24, 2.45) is 0 Å². The minimum Gasteiger partial charge on any atom is -0.352 e.